The van der Waals surface area contributed by atoms with Crippen LogP contribution in [0, 0.1) is 0 Å². The van der Waals surface area contributed by atoms with Gasteiger partial charge in [0.2, 0.25) is 11.8 Å². The second-order valence-corrected chi connectivity index (χ2v) is 5.36. The number of nitrogens with zero attached hydrogens (tertiary/aromatic N) is 1. The van der Waals surface area contributed by atoms with E-state index in [9.17, 15) is 9.59 Å². The summed E-state index contributed by atoms with van der Waals surface area (Å²) in [5.41, 5.74) is 2.26. The highest BCUT2D eigenvalue weighted by Crippen LogP contribution is 2.21. The Morgan fingerprint density at radius 2 is 1.73 bits per heavy atom. The minimum atomic E-state index is -0.138. The summed E-state index contributed by atoms with van der Waals surface area (Å²) < 4.78 is 0. The van der Waals surface area contributed by atoms with Crippen LogP contribution in [0.5, 0.6) is 0 Å². The summed E-state index contributed by atoms with van der Waals surface area (Å²) in [6, 6.07) is 14.4. The number of anilines is 2. The van der Waals surface area contributed by atoms with Crippen LogP contribution in [-0.2, 0) is 16.0 Å². The summed E-state index contributed by atoms with van der Waals surface area (Å²) in [7, 11) is 1.71. The van der Waals surface area contributed by atoms with Crippen molar-refractivity contribution in [3.63, 3.8) is 0 Å². The Kier molecular flexibility index (Phi) is 5.17. The smallest absolute Gasteiger partial charge is 0.228 e. The molecule has 0 aliphatic carbocycles. The van der Waals surface area contributed by atoms with E-state index < -0.39 is 0 Å². The van der Waals surface area contributed by atoms with Crippen molar-refractivity contribution in [1.82, 2.24) is 0 Å². The summed E-state index contributed by atoms with van der Waals surface area (Å²) in [5.74, 6) is -0.176. The van der Waals surface area contributed by atoms with Crippen molar-refractivity contribution in [2.75, 3.05) is 17.3 Å². The van der Waals surface area contributed by atoms with E-state index in [1.807, 2.05) is 36.4 Å². The topological polar surface area (TPSA) is 49.4 Å². The summed E-state index contributed by atoms with van der Waals surface area (Å²) in [6.45, 7) is 1.50. The molecule has 0 aliphatic heterocycles. The van der Waals surface area contributed by atoms with Crippen LogP contribution in [0.2, 0.25) is 5.02 Å². The second-order valence-electron chi connectivity index (χ2n) is 4.95. The number of benzene rings is 2. The zero-order chi connectivity index (χ0) is 16.1. The largest absolute Gasteiger partial charge is 0.324 e. The predicted molar refractivity (Wildman–Crippen MR) is 89.3 cm³/mol. The third-order valence-electron chi connectivity index (χ3n) is 3.31. The molecule has 5 heteroatoms. The molecule has 2 aromatic carbocycles. The van der Waals surface area contributed by atoms with Crippen LogP contribution >= 0.6 is 11.6 Å². The average Bonchev–Trinajstić information content (AvgIpc) is 2.49. The molecule has 0 radical (unpaired) electrons. The van der Waals surface area contributed by atoms with Gasteiger partial charge in [-0.05, 0) is 29.8 Å². The molecule has 0 spiro atoms. The summed E-state index contributed by atoms with van der Waals surface area (Å²) in [6.07, 6.45) is 0.245. The van der Waals surface area contributed by atoms with Gasteiger partial charge in [-0.25, -0.2) is 0 Å². The van der Waals surface area contributed by atoms with Crippen LogP contribution in [0.25, 0.3) is 0 Å². The lowest BCUT2D eigenvalue weighted by Crippen LogP contribution is -2.22. The van der Waals surface area contributed by atoms with Gasteiger partial charge in [0.1, 0.15) is 0 Å². The highest BCUT2D eigenvalue weighted by Gasteiger charge is 2.08. The third-order valence-corrected chi connectivity index (χ3v) is 3.64. The number of nitrogens with one attached hydrogen (secondary N) is 1. The van der Waals surface area contributed by atoms with Crippen molar-refractivity contribution >= 4 is 34.8 Å². The fraction of sp³-hybridized carbons (Fsp3) is 0.176. The highest BCUT2D eigenvalue weighted by atomic mass is 35.5. The number of halogens is 1. The maximum atomic E-state index is 12.0. The molecule has 114 valence electrons. The number of amides is 2. The lowest BCUT2D eigenvalue weighted by Gasteiger charge is -2.15. The Balaban J connectivity index is 2.00. The van der Waals surface area contributed by atoms with E-state index in [1.54, 1.807) is 24.1 Å². The van der Waals surface area contributed by atoms with E-state index in [1.165, 1.54) is 6.92 Å². The lowest BCUT2D eigenvalue weighted by molar-refractivity contribution is -0.116. The molecule has 1 N–H and O–H groups in total. The molecule has 2 amide bonds. The molecule has 0 saturated carbocycles. The van der Waals surface area contributed by atoms with E-state index in [-0.39, 0.29) is 18.2 Å². The SMILES string of the molecule is CC(=O)N(C)c1ccc(CC(=O)Nc2ccccc2Cl)cc1. The van der Waals surface area contributed by atoms with E-state index in [4.69, 9.17) is 11.6 Å². The van der Waals surface area contributed by atoms with Crippen molar-refractivity contribution in [1.29, 1.82) is 0 Å². The van der Waals surface area contributed by atoms with Gasteiger partial charge >= 0.3 is 0 Å². The molecule has 0 atom stereocenters. The van der Waals surface area contributed by atoms with Gasteiger partial charge in [0.25, 0.3) is 0 Å². The minimum absolute atomic E-state index is 0.0378. The van der Waals surface area contributed by atoms with Gasteiger partial charge in [0, 0.05) is 19.7 Å². The van der Waals surface area contributed by atoms with Crippen LogP contribution in [0.1, 0.15) is 12.5 Å². The molecule has 0 bridgehead atoms. The molecule has 0 unspecified atom stereocenters. The van der Waals surface area contributed by atoms with Crippen LogP contribution in [0.3, 0.4) is 0 Å². The summed E-state index contributed by atoms with van der Waals surface area (Å²) >= 11 is 6.00. The monoisotopic (exact) mass is 316 g/mol. The van der Waals surface area contributed by atoms with Gasteiger partial charge in [-0.2, -0.15) is 0 Å². The fourth-order valence-electron chi connectivity index (χ4n) is 1.96. The molecule has 4 nitrogen and oxygen atoms in total. The Bertz CT molecular complexity index is 683. The first-order chi connectivity index (χ1) is 10.5. The summed E-state index contributed by atoms with van der Waals surface area (Å²) in [4.78, 5) is 24.9. The van der Waals surface area contributed by atoms with Crippen LogP contribution < -0.4 is 10.2 Å². The van der Waals surface area contributed by atoms with Gasteiger partial charge in [0.05, 0.1) is 17.1 Å². The summed E-state index contributed by atoms with van der Waals surface area (Å²) in [5, 5.41) is 3.29. The predicted octanol–water partition coefficient (Wildman–Crippen LogP) is 3.50. The highest BCUT2D eigenvalue weighted by molar-refractivity contribution is 6.33. The zero-order valence-corrected chi connectivity index (χ0v) is 13.2. The van der Waals surface area contributed by atoms with Crippen molar-refractivity contribution in [2.45, 2.75) is 13.3 Å². The molecular formula is C17H17ClN2O2. The van der Waals surface area contributed by atoms with E-state index in [2.05, 4.69) is 5.32 Å². The Morgan fingerprint density at radius 3 is 2.32 bits per heavy atom. The molecule has 0 heterocycles. The lowest BCUT2D eigenvalue weighted by atomic mass is 10.1. The normalized spacial score (nSPS) is 10.1. The second kappa shape index (κ2) is 7.09. The molecule has 2 aromatic rings. The number of para-hydroxylation sites is 1. The number of carbonyl (C=O) groups excluding carboxylic acids is 2. The maximum Gasteiger partial charge on any atom is 0.228 e. The molecule has 0 fully saturated rings. The Labute approximate surface area is 134 Å². The maximum absolute atomic E-state index is 12.0. The Morgan fingerprint density at radius 1 is 1.09 bits per heavy atom. The number of carbonyl (C=O) groups is 2. The van der Waals surface area contributed by atoms with Crippen LogP contribution in [-0.4, -0.2) is 18.9 Å². The van der Waals surface area contributed by atoms with Crippen molar-refractivity contribution in [3.05, 3.63) is 59.1 Å². The molecule has 0 aromatic heterocycles. The molecule has 0 aliphatic rings. The first-order valence-corrected chi connectivity index (χ1v) is 7.23. The first kappa shape index (κ1) is 16.0. The number of hydrogen-bond acceptors (Lipinski definition) is 2. The van der Waals surface area contributed by atoms with Crippen molar-refractivity contribution in [2.24, 2.45) is 0 Å². The van der Waals surface area contributed by atoms with E-state index >= 15 is 0 Å². The van der Waals surface area contributed by atoms with Gasteiger partial charge in [-0.1, -0.05) is 35.9 Å². The number of hydrogen-bond donors (Lipinski definition) is 1. The number of rotatable bonds is 4. The molecule has 0 saturated heterocycles. The quantitative estimate of drug-likeness (QED) is 0.938. The van der Waals surface area contributed by atoms with Crippen LogP contribution in [0.15, 0.2) is 48.5 Å². The zero-order valence-electron chi connectivity index (χ0n) is 12.5. The minimum Gasteiger partial charge on any atom is -0.324 e. The van der Waals surface area contributed by atoms with Crippen molar-refractivity contribution < 1.29 is 9.59 Å². The van der Waals surface area contributed by atoms with E-state index in [0.29, 0.717) is 10.7 Å². The Hall–Kier alpha value is -2.33. The van der Waals surface area contributed by atoms with Gasteiger partial charge in [-0.3, -0.25) is 9.59 Å². The molecular weight excluding hydrogens is 300 g/mol. The van der Waals surface area contributed by atoms with Crippen LogP contribution in [0.4, 0.5) is 11.4 Å². The molecule has 2 rings (SSSR count). The van der Waals surface area contributed by atoms with E-state index in [0.717, 1.165) is 11.3 Å². The fourth-order valence-corrected chi connectivity index (χ4v) is 2.14. The first-order valence-electron chi connectivity index (χ1n) is 6.85. The standard InChI is InChI=1S/C17H17ClN2O2/c1-12(21)20(2)14-9-7-13(8-10-14)11-17(22)19-16-6-4-3-5-15(16)18/h3-10H,11H2,1-2H3,(H,19,22). The van der Waals surface area contributed by atoms with Gasteiger partial charge < -0.3 is 10.2 Å². The van der Waals surface area contributed by atoms with Gasteiger partial charge in [-0.15, -0.1) is 0 Å². The van der Waals surface area contributed by atoms with Gasteiger partial charge in [0.15, 0.2) is 0 Å². The van der Waals surface area contributed by atoms with Crippen molar-refractivity contribution in [3.8, 4) is 0 Å². The molecule has 22 heavy (non-hydrogen) atoms. The average molecular weight is 317 g/mol. The third kappa shape index (κ3) is 4.09.